The van der Waals surface area contributed by atoms with Crippen LogP contribution in [0.1, 0.15) is 49.9 Å². The van der Waals surface area contributed by atoms with Crippen LogP contribution in [-0.4, -0.2) is 66.9 Å². The van der Waals surface area contributed by atoms with E-state index < -0.39 is 0 Å². The summed E-state index contributed by atoms with van der Waals surface area (Å²) in [6.45, 7) is 7.48. The largest absolute Gasteiger partial charge is 0.486 e. The summed E-state index contributed by atoms with van der Waals surface area (Å²) in [6.07, 6.45) is 2.45. The summed E-state index contributed by atoms with van der Waals surface area (Å²) in [5, 5.41) is 0. The van der Waals surface area contributed by atoms with Crippen LogP contribution in [0.15, 0.2) is 18.2 Å². The number of Topliss-reactive ketones (excluding diaryl/α,β-unsaturated/α-hetero) is 1. The predicted octanol–water partition coefficient (Wildman–Crippen LogP) is 2.75. The van der Waals surface area contributed by atoms with E-state index in [9.17, 15) is 9.59 Å². The third kappa shape index (κ3) is 4.80. The van der Waals surface area contributed by atoms with Crippen molar-refractivity contribution in [2.45, 2.75) is 51.6 Å². The van der Waals surface area contributed by atoms with Crippen molar-refractivity contribution in [2.24, 2.45) is 0 Å². The molecular weight excluding hydrogens is 344 g/mol. The van der Waals surface area contributed by atoms with E-state index in [-0.39, 0.29) is 30.6 Å². The van der Waals surface area contributed by atoms with Crippen molar-refractivity contribution >= 4 is 11.7 Å². The van der Waals surface area contributed by atoms with Crippen LogP contribution in [0.2, 0.25) is 0 Å². The fourth-order valence-electron chi connectivity index (χ4n) is 3.75. The lowest BCUT2D eigenvalue weighted by Gasteiger charge is -2.38. The Labute approximate surface area is 161 Å². The van der Waals surface area contributed by atoms with Gasteiger partial charge in [-0.05, 0) is 44.9 Å². The van der Waals surface area contributed by atoms with E-state index in [0.29, 0.717) is 36.3 Å². The van der Waals surface area contributed by atoms with Gasteiger partial charge in [0.1, 0.15) is 13.2 Å². The second-order valence-corrected chi connectivity index (χ2v) is 7.65. The third-order valence-electron chi connectivity index (χ3n) is 5.60. The average molecular weight is 374 g/mol. The zero-order valence-corrected chi connectivity index (χ0v) is 16.6. The lowest BCUT2D eigenvalue weighted by molar-refractivity contribution is -0.132. The molecule has 1 aromatic carbocycles. The summed E-state index contributed by atoms with van der Waals surface area (Å²) in [5.74, 6) is 1.28. The van der Waals surface area contributed by atoms with E-state index in [4.69, 9.17) is 9.47 Å². The molecule has 0 aromatic heterocycles. The first-order valence-corrected chi connectivity index (χ1v) is 9.88. The number of carbonyl (C=O) groups excluding carboxylic acids is 2. The molecule has 27 heavy (non-hydrogen) atoms. The number of amides is 1. The Morgan fingerprint density at radius 2 is 1.78 bits per heavy atom. The molecule has 1 fully saturated rings. The van der Waals surface area contributed by atoms with Gasteiger partial charge >= 0.3 is 0 Å². The van der Waals surface area contributed by atoms with E-state index in [1.807, 2.05) is 11.9 Å². The Morgan fingerprint density at radius 3 is 2.44 bits per heavy atom. The van der Waals surface area contributed by atoms with Gasteiger partial charge in [-0.2, -0.15) is 0 Å². The van der Waals surface area contributed by atoms with Crippen molar-refractivity contribution in [1.29, 1.82) is 0 Å². The first kappa shape index (κ1) is 19.7. The highest BCUT2D eigenvalue weighted by atomic mass is 16.6. The molecule has 6 heteroatoms. The Morgan fingerprint density at radius 1 is 1.11 bits per heavy atom. The molecule has 0 unspecified atom stereocenters. The molecule has 0 atom stereocenters. The zero-order valence-electron chi connectivity index (χ0n) is 16.6. The van der Waals surface area contributed by atoms with Gasteiger partial charge in [0.05, 0.1) is 0 Å². The van der Waals surface area contributed by atoms with Crippen molar-refractivity contribution < 1.29 is 19.1 Å². The van der Waals surface area contributed by atoms with Gasteiger partial charge in [0.2, 0.25) is 5.91 Å². The number of rotatable bonds is 6. The fraction of sp³-hybridized carbons (Fsp3) is 0.619. The van der Waals surface area contributed by atoms with E-state index in [2.05, 4.69) is 18.7 Å². The predicted molar refractivity (Wildman–Crippen MR) is 103 cm³/mol. The van der Waals surface area contributed by atoms with Gasteiger partial charge in [-0.15, -0.1) is 0 Å². The van der Waals surface area contributed by atoms with Crippen LogP contribution in [-0.2, 0) is 4.79 Å². The number of carbonyl (C=O) groups is 2. The normalized spacial score (nSPS) is 17.8. The monoisotopic (exact) mass is 374 g/mol. The number of likely N-dealkylation sites (tertiary alicyclic amines) is 1. The lowest BCUT2D eigenvalue weighted by atomic mass is 10.0. The lowest BCUT2D eigenvalue weighted by Crippen LogP contribution is -2.47. The molecule has 0 saturated carbocycles. The van der Waals surface area contributed by atoms with Crippen molar-refractivity contribution in [3.63, 3.8) is 0 Å². The number of ketones is 1. The van der Waals surface area contributed by atoms with Gasteiger partial charge in [0.25, 0.3) is 0 Å². The van der Waals surface area contributed by atoms with E-state index >= 15 is 0 Å². The highest BCUT2D eigenvalue weighted by Gasteiger charge is 2.26. The molecule has 1 aromatic rings. The standard InChI is InChI=1S/C21H30N2O4/c1-15(2)23-10-8-17(9-11-23)22(3)21(25)7-5-18(24)16-4-6-19-20(14-16)27-13-12-26-19/h4,6,14-15,17H,5,7-13H2,1-3H3. The molecule has 2 aliphatic heterocycles. The molecule has 0 aliphatic carbocycles. The van der Waals surface area contributed by atoms with Gasteiger partial charge in [0, 0.05) is 50.6 Å². The van der Waals surface area contributed by atoms with Crippen LogP contribution < -0.4 is 9.47 Å². The van der Waals surface area contributed by atoms with Gasteiger partial charge in [-0.3, -0.25) is 9.59 Å². The Balaban J connectivity index is 1.49. The van der Waals surface area contributed by atoms with Gasteiger partial charge in [-0.25, -0.2) is 0 Å². The van der Waals surface area contributed by atoms with Gasteiger partial charge < -0.3 is 19.3 Å². The SMILES string of the molecule is CC(C)N1CCC(N(C)C(=O)CCC(=O)c2ccc3c(c2)OCCO3)CC1. The highest BCUT2D eigenvalue weighted by molar-refractivity contribution is 5.98. The maximum Gasteiger partial charge on any atom is 0.223 e. The number of hydrogen-bond donors (Lipinski definition) is 0. The number of ether oxygens (including phenoxy) is 2. The number of nitrogens with zero attached hydrogens (tertiary/aromatic N) is 2. The van der Waals surface area contributed by atoms with Crippen molar-refractivity contribution in [2.75, 3.05) is 33.4 Å². The summed E-state index contributed by atoms with van der Waals surface area (Å²) in [5.41, 5.74) is 0.569. The zero-order chi connectivity index (χ0) is 19.4. The van der Waals surface area contributed by atoms with Crippen LogP contribution >= 0.6 is 0 Å². The smallest absolute Gasteiger partial charge is 0.223 e. The minimum Gasteiger partial charge on any atom is -0.486 e. The number of benzene rings is 1. The Kier molecular flexibility index (Phi) is 6.37. The molecule has 0 N–H and O–H groups in total. The topological polar surface area (TPSA) is 59.1 Å². The van der Waals surface area contributed by atoms with E-state index in [1.165, 1.54) is 0 Å². The van der Waals surface area contributed by atoms with Crippen molar-refractivity contribution in [3.8, 4) is 11.5 Å². The molecular formula is C21H30N2O4. The number of piperidine rings is 1. The molecule has 3 rings (SSSR count). The quantitative estimate of drug-likeness (QED) is 0.717. The average Bonchev–Trinajstić information content (AvgIpc) is 2.70. The van der Waals surface area contributed by atoms with E-state index in [1.54, 1.807) is 18.2 Å². The fourth-order valence-corrected chi connectivity index (χ4v) is 3.75. The molecule has 0 spiro atoms. The van der Waals surface area contributed by atoms with Crippen molar-refractivity contribution in [3.05, 3.63) is 23.8 Å². The summed E-state index contributed by atoms with van der Waals surface area (Å²) >= 11 is 0. The highest BCUT2D eigenvalue weighted by Crippen LogP contribution is 2.31. The summed E-state index contributed by atoms with van der Waals surface area (Å²) < 4.78 is 11.0. The van der Waals surface area contributed by atoms with Crippen LogP contribution in [0.25, 0.3) is 0 Å². The van der Waals surface area contributed by atoms with Crippen molar-refractivity contribution in [1.82, 2.24) is 9.80 Å². The van der Waals surface area contributed by atoms with Crippen LogP contribution in [0.5, 0.6) is 11.5 Å². The second-order valence-electron chi connectivity index (χ2n) is 7.65. The summed E-state index contributed by atoms with van der Waals surface area (Å²) in [4.78, 5) is 29.3. The molecule has 1 saturated heterocycles. The molecule has 0 bridgehead atoms. The Bertz CT molecular complexity index is 681. The minimum absolute atomic E-state index is 0.0386. The number of fused-ring (bicyclic) bond motifs is 1. The summed E-state index contributed by atoms with van der Waals surface area (Å²) in [6, 6.07) is 6.05. The third-order valence-corrected chi connectivity index (χ3v) is 5.60. The molecule has 6 nitrogen and oxygen atoms in total. The second kappa shape index (κ2) is 8.74. The minimum atomic E-state index is -0.0386. The summed E-state index contributed by atoms with van der Waals surface area (Å²) in [7, 11) is 1.87. The van der Waals surface area contributed by atoms with Gasteiger partial charge in [0.15, 0.2) is 17.3 Å². The van der Waals surface area contributed by atoms with Crippen LogP contribution in [0.3, 0.4) is 0 Å². The first-order chi connectivity index (χ1) is 13.0. The Hall–Kier alpha value is -2.08. The maximum atomic E-state index is 12.5. The maximum absolute atomic E-state index is 12.5. The molecule has 148 valence electrons. The van der Waals surface area contributed by atoms with Crippen LogP contribution in [0, 0.1) is 0 Å². The van der Waals surface area contributed by atoms with E-state index in [0.717, 1.165) is 25.9 Å². The molecule has 2 heterocycles. The molecule has 2 aliphatic rings. The molecule has 1 amide bonds. The van der Waals surface area contributed by atoms with Gasteiger partial charge in [-0.1, -0.05) is 0 Å². The first-order valence-electron chi connectivity index (χ1n) is 9.88. The number of hydrogen-bond acceptors (Lipinski definition) is 5. The van der Waals surface area contributed by atoms with Crippen LogP contribution in [0.4, 0.5) is 0 Å². The molecule has 0 radical (unpaired) electrons.